The molecular formula is C32H47FO2S. The highest BCUT2D eigenvalue weighted by molar-refractivity contribution is 8.34. The number of allylic oxidation sites excluding steroid dienone is 2. The zero-order valence-electron chi connectivity index (χ0n) is 23.1. The van der Waals surface area contributed by atoms with Crippen molar-refractivity contribution in [2.24, 2.45) is 33.5 Å². The SMILES string of the molecule is CC1(C)C(c2ccc(O)c(F)c2)=CC[C@@]2(C)C1CC[C@]1(C)C2CCS2(C)C3CCC[C@]3(CO)CCC12. The minimum absolute atomic E-state index is 0.0323. The second kappa shape index (κ2) is 8.01. The van der Waals surface area contributed by atoms with E-state index in [0.29, 0.717) is 17.9 Å². The first-order valence-corrected chi connectivity index (χ1v) is 16.8. The first kappa shape index (κ1) is 25.3. The molecule has 2 aliphatic heterocycles. The van der Waals surface area contributed by atoms with Crippen molar-refractivity contribution >= 4 is 15.6 Å². The van der Waals surface area contributed by atoms with Crippen molar-refractivity contribution in [3.63, 3.8) is 0 Å². The maximum atomic E-state index is 14.3. The molecule has 6 rings (SSSR count). The lowest BCUT2D eigenvalue weighted by Gasteiger charge is -2.72. The van der Waals surface area contributed by atoms with E-state index in [2.05, 4.69) is 40.0 Å². The van der Waals surface area contributed by atoms with Gasteiger partial charge in [0, 0.05) is 12.0 Å². The number of hydrogen-bond donors (Lipinski definition) is 2. The summed E-state index contributed by atoms with van der Waals surface area (Å²) < 4.78 is 14.3. The summed E-state index contributed by atoms with van der Waals surface area (Å²) in [6.07, 6.45) is 16.6. The predicted molar refractivity (Wildman–Crippen MR) is 150 cm³/mol. The van der Waals surface area contributed by atoms with Crippen LogP contribution in [-0.2, 0) is 0 Å². The van der Waals surface area contributed by atoms with E-state index in [1.807, 2.05) is 6.07 Å². The number of fused-ring (bicyclic) bond motifs is 7. The third-order valence-electron chi connectivity index (χ3n) is 12.9. The summed E-state index contributed by atoms with van der Waals surface area (Å²) in [4.78, 5) is 0. The molecule has 4 heteroatoms. The fourth-order valence-corrected chi connectivity index (χ4v) is 17.4. The van der Waals surface area contributed by atoms with E-state index in [4.69, 9.17) is 0 Å². The molecule has 2 N–H and O–H groups in total. The van der Waals surface area contributed by atoms with Crippen LogP contribution in [0, 0.1) is 39.3 Å². The second-order valence-electron chi connectivity index (χ2n) is 14.5. The van der Waals surface area contributed by atoms with Crippen LogP contribution in [-0.4, -0.2) is 39.3 Å². The van der Waals surface area contributed by atoms with Crippen molar-refractivity contribution in [3.05, 3.63) is 35.7 Å². The van der Waals surface area contributed by atoms with E-state index in [1.165, 1.54) is 74.8 Å². The molecule has 2 saturated heterocycles. The molecule has 2 saturated carbocycles. The molecule has 1 aromatic rings. The molecule has 0 bridgehead atoms. The third-order valence-corrected chi connectivity index (χ3v) is 18.1. The number of halogens is 1. The quantitative estimate of drug-likeness (QED) is 0.421. The van der Waals surface area contributed by atoms with E-state index >= 15 is 0 Å². The van der Waals surface area contributed by atoms with Crippen LogP contribution in [0.4, 0.5) is 4.39 Å². The van der Waals surface area contributed by atoms with Gasteiger partial charge in [0.2, 0.25) is 0 Å². The number of phenolic OH excluding ortho intramolecular Hbond substituents is 1. The van der Waals surface area contributed by atoms with Gasteiger partial charge in [0.15, 0.2) is 11.6 Å². The number of rotatable bonds is 2. The van der Waals surface area contributed by atoms with E-state index in [1.54, 1.807) is 0 Å². The molecule has 0 spiro atoms. The minimum Gasteiger partial charge on any atom is -0.505 e. The monoisotopic (exact) mass is 514 g/mol. The molecule has 0 radical (unpaired) electrons. The summed E-state index contributed by atoms with van der Waals surface area (Å²) in [7, 11) is -0.756. The fraction of sp³-hybridized carbons (Fsp3) is 0.750. The maximum absolute atomic E-state index is 14.3. The van der Waals surface area contributed by atoms with Gasteiger partial charge in [0.25, 0.3) is 0 Å². The van der Waals surface area contributed by atoms with Crippen LogP contribution in [0.5, 0.6) is 5.75 Å². The second-order valence-corrected chi connectivity index (χ2v) is 18.5. The standard InChI is InChI=1S/C32H47FO2S/c1-29(2)22(21-8-9-24(35)23(33)19-21)10-15-30(3)25(29)11-16-31(4)26(30)13-18-36(5)27(31)12-17-32(20-34)14-6-7-28(32)36/h8-10,19,25-28,34-35H,6-7,11-18,20H2,1-5H3/t25?,26?,27?,28?,30-,31+,32+/m0/s1. The number of aliphatic hydroxyl groups is 1. The van der Waals surface area contributed by atoms with Crippen molar-refractivity contribution in [1.82, 2.24) is 0 Å². The van der Waals surface area contributed by atoms with Gasteiger partial charge >= 0.3 is 0 Å². The first-order valence-electron chi connectivity index (χ1n) is 14.5. The normalized spacial score (nSPS) is 49.0. The zero-order valence-corrected chi connectivity index (χ0v) is 23.9. The van der Waals surface area contributed by atoms with Gasteiger partial charge in [0.1, 0.15) is 0 Å². The Morgan fingerprint density at radius 1 is 0.944 bits per heavy atom. The van der Waals surface area contributed by atoms with E-state index in [9.17, 15) is 14.6 Å². The topological polar surface area (TPSA) is 40.5 Å². The van der Waals surface area contributed by atoms with Crippen molar-refractivity contribution in [3.8, 4) is 5.75 Å². The molecule has 2 nitrogen and oxygen atoms in total. The van der Waals surface area contributed by atoms with Crippen molar-refractivity contribution in [1.29, 1.82) is 0 Å². The van der Waals surface area contributed by atoms with Crippen LogP contribution in [0.3, 0.4) is 0 Å². The summed E-state index contributed by atoms with van der Waals surface area (Å²) in [6.45, 7) is 10.5. The van der Waals surface area contributed by atoms with E-state index < -0.39 is 15.8 Å². The molecular weight excluding hydrogens is 467 g/mol. The summed E-state index contributed by atoms with van der Waals surface area (Å²) in [5.41, 5.74) is 3.04. The third kappa shape index (κ3) is 3.12. The first-order chi connectivity index (χ1) is 16.9. The van der Waals surface area contributed by atoms with Gasteiger partial charge in [0.05, 0.1) is 0 Å². The number of aromatic hydroxyl groups is 1. The Labute approximate surface area is 219 Å². The van der Waals surface area contributed by atoms with E-state index in [0.717, 1.165) is 28.4 Å². The highest BCUT2D eigenvalue weighted by atomic mass is 32.3. The molecule has 200 valence electrons. The van der Waals surface area contributed by atoms with Gasteiger partial charge in [-0.1, -0.05) is 46.3 Å². The summed E-state index contributed by atoms with van der Waals surface area (Å²) in [5, 5.41) is 21.9. The van der Waals surface area contributed by atoms with Crippen molar-refractivity contribution in [2.75, 3.05) is 18.6 Å². The van der Waals surface area contributed by atoms with Gasteiger partial charge in [-0.25, -0.2) is 14.4 Å². The lowest BCUT2D eigenvalue weighted by Crippen LogP contribution is -2.63. The van der Waals surface area contributed by atoms with Gasteiger partial charge < -0.3 is 10.2 Å². The Morgan fingerprint density at radius 2 is 1.72 bits per heavy atom. The highest BCUT2D eigenvalue weighted by Crippen LogP contribution is 2.79. The number of phenols is 1. The molecule has 2 heterocycles. The predicted octanol–water partition coefficient (Wildman–Crippen LogP) is 7.92. The Morgan fingerprint density at radius 3 is 2.44 bits per heavy atom. The highest BCUT2D eigenvalue weighted by Gasteiger charge is 2.67. The Balaban J connectivity index is 1.36. The largest absolute Gasteiger partial charge is 0.505 e. The summed E-state index contributed by atoms with van der Waals surface area (Å²) >= 11 is 0. The van der Waals surface area contributed by atoms with Crippen LogP contribution in [0.1, 0.15) is 91.0 Å². The van der Waals surface area contributed by atoms with E-state index in [-0.39, 0.29) is 22.0 Å². The average molecular weight is 515 g/mol. The maximum Gasteiger partial charge on any atom is 0.165 e. The lowest BCUT2D eigenvalue weighted by atomic mass is 9.42. The summed E-state index contributed by atoms with van der Waals surface area (Å²) in [5.74, 6) is 1.91. The number of aliphatic hydroxyl groups excluding tert-OH is 1. The molecule has 36 heavy (non-hydrogen) atoms. The van der Waals surface area contributed by atoms with Crippen molar-refractivity contribution < 1.29 is 14.6 Å². The molecule has 8 atom stereocenters. The molecule has 0 aromatic heterocycles. The number of hydrogen-bond acceptors (Lipinski definition) is 2. The lowest BCUT2D eigenvalue weighted by molar-refractivity contribution is -0.0989. The summed E-state index contributed by atoms with van der Waals surface area (Å²) in [6, 6.07) is 4.94. The van der Waals surface area contributed by atoms with Gasteiger partial charge in [-0.05, 0) is 125 Å². The molecule has 0 amide bonds. The van der Waals surface area contributed by atoms with Crippen LogP contribution in [0.15, 0.2) is 24.3 Å². The van der Waals surface area contributed by atoms with Crippen LogP contribution in [0.2, 0.25) is 0 Å². The minimum atomic E-state index is -0.756. The molecule has 3 aliphatic carbocycles. The molecule has 5 aliphatic rings. The van der Waals surface area contributed by atoms with Gasteiger partial charge in [-0.3, -0.25) is 0 Å². The van der Waals surface area contributed by atoms with Crippen LogP contribution >= 0.6 is 10.0 Å². The van der Waals surface area contributed by atoms with Crippen LogP contribution in [0.25, 0.3) is 5.57 Å². The number of benzene rings is 1. The molecule has 4 fully saturated rings. The smallest absolute Gasteiger partial charge is 0.165 e. The van der Waals surface area contributed by atoms with Gasteiger partial charge in [-0.2, -0.15) is 0 Å². The van der Waals surface area contributed by atoms with Crippen molar-refractivity contribution in [2.45, 2.75) is 96.0 Å². The Hall–Kier alpha value is -1.00. The fourth-order valence-electron chi connectivity index (χ4n) is 11.4. The zero-order chi connectivity index (χ0) is 25.7. The Kier molecular flexibility index (Phi) is 5.62. The van der Waals surface area contributed by atoms with Gasteiger partial charge in [-0.15, -0.1) is 0 Å². The molecule has 1 aromatic carbocycles. The molecule has 5 unspecified atom stereocenters. The average Bonchev–Trinajstić information content (AvgIpc) is 3.26. The Bertz CT molecular complexity index is 1100. The van der Waals surface area contributed by atoms with Crippen LogP contribution < -0.4 is 0 Å².